The van der Waals surface area contributed by atoms with Gasteiger partial charge < -0.3 is 18.9 Å². The lowest BCUT2D eigenvalue weighted by Gasteiger charge is -2.24. The molecule has 25 heavy (non-hydrogen) atoms. The lowest BCUT2D eigenvalue weighted by Crippen LogP contribution is -2.30. The second kappa shape index (κ2) is 8.12. The zero-order valence-corrected chi connectivity index (χ0v) is 14.6. The third kappa shape index (κ3) is 4.57. The van der Waals surface area contributed by atoms with Crippen LogP contribution in [-0.4, -0.2) is 32.9 Å². The second-order valence-corrected chi connectivity index (χ2v) is 6.09. The number of hydrogen-bond acceptors (Lipinski definition) is 5. The first-order valence-corrected chi connectivity index (χ1v) is 8.38. The SMILES string of the molecule is COc1ccc(OCCOC(=O)C2COc3ccc(Cl)cc3C2)cc1. The number of fused-ring (bicyclic) bond motifs is 1. The Hall–Kier alpha value is -2.40. The predicted octanol–water partition coefficient (Wildman–Crippen LogP) is 3.52. The van der Waals surface area contributed by atoms with Crippen LogP contribution in [0.2, 0.25) is 5.02 Å². The van der Waals surface area contributed by atoms with Gasteiger partial charge in [0.25, 0.3) is 0 Å². The molecule has 0 saturated carbocycles. The Morgan fingerprint density at radius 3 is 2.68 bits per heavy atom. The van der Waals surface area contributed by atoms with Crippen molar-refractivity contribution >= 4 is 17.6 Å². The molecule has 0 aliphatic carbocycles. The molecular weight excluding hydrogens is 344 g/mol. The number of esters is 1. The van der Waals surface area contributed by atoms with Gasteiger partial charge in [-0.2, -0.15) is 0 Å². The van der Waals surface area contributed by atoms with E-state index >= 15 is 0 Å². The molecule has 132 valence electrons. The van der Waals surface area contributed by atoms with Crippen LogP contribution in [0.4, 0.5) is 0 Å². The van der Waals surface area contributed by atoms with E-state index in [0.717, 1.165) is 17.1 Å². The highest BCUT2D eigenvalue weighted by Crippen LogP contribution is 2.30. The van der Waals surface area contributed by atoms with Gasteiger partial charge in [-0.05, 0) is 54.4 Å². The van der Waals surface area contributed by atoms with Crippen LogP contribution in [0, 0.1) is 5.92 Å². The molecule has 1 aliphatic heterocycles. The van der Waals surface area contributed by atoms with Crippen LogP contribution in [0.1, 0.15) is 5.56 Å². The molecule has 2 aromatic rings. The molecular formula is C19H19ClO5. The molecule has 0 saturated heterocycles. The molecule has 0 bridgehead atoms. The van der Waals surface area contributed by atoms with Crippen molar-refractivity contribution in [2.45, 2.75) is 6.42 Å². The smallest absolute Gasteiger partial charge is 0.312 e. The van der Waals surface area contributed by atoms with Gasteiger partial charge >= 0.3 is 5.97 Å². The van der Waals surface area contributed by atoms with Gasteiger partial charge in [-0.25, -0.2) is 0 Å². The Morgan fingerprint density at radius 1 is 1.16 bits per heavy atom. The Morgan fingerprint density at radius 2 is 1.92 bits per heavy atom. The van der Waals surface area contributed by atoms with E-state index in [1.807, 2.05) is 24.3 Å². The van der Waals surface area contributed by atoms with Gasteiger partial charge in [0, 0.05) is 5.02 Å². The maximum Gasteiger partial charge on any atom is 0.312 e. The number of methoxy groups -OCH3 is 1. The maximum absolute atomic E-state index is 12.2. The maximum atomic E-state index is 12.2. The average molecular weight is 363 g/mol. The standard InChI is InChI=1S/C19H19ClO5/c1-22-16-3-5-17(6-4-16)23-8-9-24-19(21)14-10-13-11-15(20)2-7-18(13)25-12-14/h2-7,11,14H,8-10,12H2,1H3. The van der Waals surface area contributed by atoms with Gasteiger partial charge in [-0.1, -0.05) is 11.6 Å². The molecule has 0 amide bonds. The number of benzene rings is 2. The van der Waals surface area contributed by atoms with Gasteiger partial charge in [0.2, 0.25) is 0 Å². The Kier molecular flexibility index (Phi) is 5.66. The summed E-state index contributed by atoms with van der Waals surface area (Å²) in [5, 5.41) is 0.629. The van der Waals surface area contributed by atoms with Gasteiger partial charge in [0.15, 0.2) is 0 Å². The molecule has 0 spiro atoms. The van der Waals surface area contributed by atoms with Crippen molar-refractivity contribution in [3.05, 3.63) is 53.1 Å². The number of halogens is 1. The number of ether oxygens (including phenoxy) is 4. The van der Waals surface area contributed by atoms with Gasteiger partial charge in [-0.3, -0.25) is 4.79 Å². The van der Waals surface area contributed by atoms with Gasteiger partial charge in [0.05, 0.1) is 13.0 Å². The number of hydrogen-bond donors (Lipinski definition) is 0. The number of carbonyl (C=O) groups excluding carboxylic acids is 1. The third-order valence-corrected chi connectivity index (χ3v) is 4.15. The fraction of sp³-hybridized carbons (Fsp3) is 0.316. The quantitative estimate of drug-likeness (QED) is 0.581. The minimum Gasteiger partial charge on any atom is -0.497 e. The largest absolute Gasteiger partial charge is 0.497 e. The van der Waals surface area contributed by atoms with E-state index in [1.165, 1.54) is 0 Å². The van der Waals surface area contributed by atoms with Crippen LogP contribution >= 0.6 is 11.6 Å². The molecule has 1 heterocycles. The summed E-state index contributed by atoms with van der Waals surface area (Å²) in [6.45, 7) is 0.782. The molecule has 0 aromatic heterocycles. The monoisotopic (exact) mass is 362 g/mol. The van der Waals surface area contributed by atoms with Crippen molar-refractivity contribution in [3.8, 4) is 17.2 Å². The first-order valence-electron chi connectivity index (χ1n) is 8.00. The predicted molar refractivity (Wildman–Crippen MR) is 93.6 cm³/mol. The Labute approximate surface area is 151 Å². The van der Waals surface area contributed by atoms with Crippen LogP contribution in [0.25, 0.3) is 0 Å². The van der Waals surface area contributed by atoms with E-state index in [0.29, 0.717) is 23.8 Å². The van der Waals surface area contributed by atoms with Crippen molar-refractivity contribution < 1.29 is 23.7 Å². The molecule has 1 aliphatic rings. The molecule has 3 rings (SSSR count). The minimum absolute atomic E-state index is 0.184. The Balaban J connectivity index is 1.43. The van der Waals surface area contributed by atoms with Gasteiger partial charge in [0.1, 0.15) is 37.1 Å². The third-order valence-electron chi connectivity index (χ3n) is 3.92. The first kappa shape index (κ1) is 17.4. The summed E-state index contributed by atoms with van der Waals surface area (Å²) in [6, 6.07) is 12.6. The highest BCUT2D eigenvalue weighted by molar-refractivity contribution is 6.30. The summed E-state index contributed by atoms with van der Waals surface area (Å²) in [5.41, 5.74) is 0.926. The normalized spacial score (nSPS) is 15.7. The zero-order valence-electron chi connectivity index (χ0n) is 13.9. The van der Waals surface area contributed by atoms with E-state index in [-0.39, 0.29) is 25.1 Å². The molecule has 5 nitrogen and oxygen atoms in total. The summed E-state index contributed by atoms with van der Waals surface area (Å²) in [7, 11) is 1.61. The molecule has 0 fully saturated rings. The van der Waals surface area contributed by atoms with Gasteiger partial charge in [-0.15, -0.1) is 0 Å². The lowest BCUT2D eigenvalue weighted by molar-refractivity contribution is -0.150. The fourth-order valence-corrected chi connectivity index (χ4v) is 2.80. The topological polar surface area (TPSA) is 54.0 Å². The summed E-state index contributed by atoms with van der Waals surface area (Å²) in [4.78, 5) is 12.2. The average Bonchev–Trinajstić information content (AvgIpc) is 2.65. The number of rotatable bonds is 6. The highest BCUT2D eigenvalue weighted by atomic mass is 35.5. The summed E-state index contributed by atoms with van der Waals surface area (Å²) >= 11 is 5.99. The van der Waals surface area contributed by atoms with Crippen molar-refractivity contribution in [2.24, 2.45) is 5.92 Å². The molecule has 1 unspecified atom stereocenters. The van der Waals surface area contributed by atoms with E-state index in [2.05, 4.69) is 0 Å². The molecule has 6 heteroatoms. The Bertz CT molecular complexity index is 729. The van der Waals surface area contributed by atoms with Crippen LogP contribution in [0.3, 0.4) is 0 Å². The van der Waals surface area contributed by atoms with Crippen LogP contribution in [-0.2, 0) is 16.0 Å². The molecule has 0 N–H and O–H groups in total. The van der Waals surface area contributed by atoms with E-state index in [1.54, 1.807) is 25.3 Å². The van der Waals surface area contributed by atoms with Crippen molar-refractivity contribution in [1.29, 1.82) is 0 Å². The van der Waals surface area contributed by atoms with Crippen LogP contribution in [0.5, 0.6) is 17.2 Å². The lowest BCUT2D eigenvalue weighted by atomic mass is 9.97. The molecule has 1 atom stereocenters. The van der Waals surface area contributed by atoms with Crippen molar-refractivity contribution in [1.82, 2.24) is 0 Å². The van der Waals surface area contributed by atoms with E-state index in [4.69, 9.17) is 30.5 Å². The summed E-state index contributed by atoms with van der Waals surface area (Å²) in [5.74, 6) is 1.62. The van der Waals surface area contributed by atoms with Crippen molar-refractivity contribution in [3.63, 3.8) is 0 Å². The van der Waals surface area contributed by atoms with Crippen molar-refractivity contribution in [2.75, 3.05) is 26.9 Å². The summed E-state index contributed by atoms with van der Waals surface area (Å²) in [6.07, 6.45) is 0.564. The van der Waals surface area contributed by atoms with Crippen LogP contribution in [0.15, 0.2) is 42.5 Å². The van der Waals surface area contributed by atoms with E-state index < -0.39 is 0 Å². The highest BCUT2D eigenvalue weighted by Gasteiger charge is 2.27. The minimum atomic E-state index is -0.327. The van der Waals surface area contributed by atoms with E-state index in [9.17, 15) is 4.79 Å². The first-order chi connectivity index (χ1) is 12.2. The molecule has 2 aromatic carbocycles. The second-order valence-electron chi connectivity index (χ2n) is 5.66. The zero-order chi connectivity index (χ0) is 17.6. The fourth-order valence-electron chi connectivity index (χ4n) is 2.61. The van der Waals surface area contributed by atoms with Crippen LogP contribution < -0.4 is 14.2 Å². The number of carbonyl (C=O) groups is 1. The summed E-state index contributed by atoms with van der Waals surface area (Å²) < 4.78 is 21.5. The molecule has 0 radical (unpaired) electrons.